The number of rotatable bonds is 5. The van der Waals surface area contributed by atoms with Gasteiger partial charge in [-0.2, -0.15) is 0 Å². The maximum atomic E-state index is 11.7. The summed E-state index contributed by atoms with van der Waals surface area (Å²) >= 11 is 5.88. The fourth-order valence-electron chi connectivity index (χ4n) is 2.57. The van der Waals surface area contributed by atoms with E-state index in [0.717, 1.165) is 5.56 Å². The number of hydrogen-bond donors (Lipinski definition) is 2. The molecule has 0 bridgehead atoms. The van der Waals surface area contributed by atoms with Crippen LogP contribution in [0, 0.1) is 0 Å². The Balaban J connectivity index is 1.88. The minimum absolute atomic E-state index is 0.00756. The molecule has 1 aliphatic heterocycles. The van der Waals surface area contributed by atoms with E-state index in [-0.39, 0.29) is 5.91 Å². The lowest BCUT2D eigenvalue weighted by molar-refractivity contribution is -0.123. The molecule has 4 nitrogen and oxygen atoms in total. The number of amides is 1. The molecule has 0 unspecified atom stereocenters. The van der Waals surface area contributed by atoms with Crippen molar-refractivity contribution >= 4 is 17.5 Å². The summed E-state index contributed by atoms with van der Waals surface area (Å²) in [7, 11) is 0. The highest BCUT2D eigenvalue weighted by Crippen LogP contribution is 2.33. The monoisotopic (exact) mass is 308 g/mol. The van der Waals surface area contributed by atoms with E-state index in [2.05, 4.69) is 16.8 Å². The van der Waals surface area contributed by atoms with Gasteiger partial charge in [-0.15, -0.1) is 6.58 Å². The number of halogens is 1. The van der Waals surface area contributed by atoms with E-state index in [0.29, 0.717) is 44.0 Å². The van der Waals surface area contributed by atoms with Crippen molar-refractivity contribution in [1.29, 1.82) is 0 Å². The molecule has 1 fully saturated rings. The normalized spacial score (nSPS) is 18.2. The third kappa shape index (κ3) is 4.30. The number of hydrogen-bond acceptors (Lipinski definition) is 3. The first kappa shape index (κ1) is 16.0. The van der Waals surface area contributed by atoms with Crippen LogP contribution in [0.1, 0.15) is 18.4 Å². The first-order valence-corrected chi connectivity index (χ1v) is 7.50. The minimum Gasteiger partial charge on any atom is -0.385 e. The number of piperidine rings is 1. The Hall–Kier alpha value is -1.36. The van der Waals surface area contributed by atoms with Gasteiger partial charge in [0.2, 0.25) is 5.91 Å². The Morgan fingerprint density at radius 3 is 2.57 bits per heavy atom. The van der Waals surface area contributed by atoms with E-state index in [4.69, 9.17) is 11.6 Å². The van der Waals surface area contributed by atoms with Crippen LogP contribution in [-0.2, 0) is 10.4 Å². The van der Waals surface area contributed by atoms with E-state index in [1.807, 2.05) is 12.1 Å². The molecular formula is C16H21ClN2O2. The fourth-order valence-corrected chi connectivity index (χ4v) is 2.70. The second-order valence-electron chi connectivity index (χ2n) is 5.41. The number of aliphatic hydroxyl groups is 1. The topological polar surface area (TPSA) is 52.6 Å². The summed E-state index contributed by atoms with van der Waals surface area (Å²) in [6.07, 6.45) is 2.89. The van der Waals surface area contributed by atoms with Gasteiger partial charge >= 0.3 is 0 Å². The van der Waals surface area contributed by atoms with Crippen molar-refractivity contribution < 1.29 is 9.90 Å². The van der Waals surface area contributed by atoms with E-state index in [9.17, 15) is 9.90 Å². The average molecular weight is 309 g/mol. The van der Waals surface area contributed by atoms with E-state index in [1.54, 1.807) is 18.2 Å². The Bertz CT molecular complexity index is 494. The zero-order valence-corrected chi connectivity index (χ0v) is 12.8. The van der Waals surface area contributed by atoms with Crippen LogP contribution in [0.15, 0.2) is 36.9 Å². The van der Waals surface area contributed by atoms with Crippen molar-refractivity contribution in [3.8, 4) is 0 Å². The highest BCUT2D eigenvalue weighted by molar-refractivity contribution is 6.30. The Morgan fingerprint density at radius 1 is 1.38 bits per heavy atom. The van der Waals surface area contributed by atoms with Gasteiger partial charge in [0.1, 0.15) is 0 Å². The molecule has 1 saturated heterocycles. The molecule has 1 aromatic carbocycles. The predicted molar refractivity (Wildman–Crippen MR) is 84.2 cm³/mol. The van der Waals surface area contributed by atoms with Crippen LogP contribution >= 0.6 is 11.6 Å². The van der Waals surface area contributed by atoms with Gasteiger partial charge in [-0.1, -0.05) is 29.8 Å². The van der Waals surface area contributed by atoms with Crippen molar-refractivity contribution in [2.45, 2.75) is 18.4 Å². The summed E-state index contributed by atoms with van der Waals surface area (Å²) < 4.78 is 0. The standard InChI is InChI=1S/C16H21ClN2O2/c1-2-9-18-15(20)12-19-10-7-16(21,8-11-19)13-3-5-14(17)6-4-13/h2-6,21H,1,7-12H2,(H,18,20). The second kappa shape index (κ2) is 7.07. The Kier molecular flexibility index (Phi) is 5.39. The first-order valence-electron chi connectivity index (χ1n) is 7.12. The summed E-state index contributed by atoms with van der Waals surface area (Å²) in [6, 6.07) is 7.33. The Morgan fingerprint density at radius 2 is 2.00 bits per heavy atom. The highest BCUT2D eigenvalue weighted by Gasteiger charge is 2.34. The lowest BCUT2D eigenvalue weighted by atomic mass is 9.84. The highest BCUT2D eigenvalue weighted by atomic mass is 35.5. The molecule has 0 radical (unpaired) electrons. The van der Waals surface area contributed by atoms with E-state index < -0.39 is 5.60 Å². The van der Waals surface area contributed by atoms with Gasteiger partial charge in [0, 0.05) is 24.7 Å². The van der Waals surface area contributed by atoms with Crippen molar-refractivity contribution in [3.05, 3.63) is 47.5 Å². The number of carbonyl (C=O) groups is 1. The number of carbonyl (C=O) groups excluding carboxylic acids is 1. The van der Waals surface area contributed by atoms with Crippen molar-refractivity contribution in [1.82, 2.24) is 10.2 Å². The van der Waals surface area contributed by atoms with Crippen molar-refractivity contribution in [3.63, 3.8) is 0 Å². The summed E-state index contributed by atoms with van der Waals surface area (Å²) in [4.78, 5) is 13.7. The molecule has 0 spiro atoms. The summed E-state index contributed by atoms with van der Waals surface area (Å²) in [5.74, 6) is -0.00756. The van der Waals surface area contributed by atoms with Gasteiger partial charge in [0.05, 0.1) is 12.1 Å². The number of benzene rings is 1. The summed E-state index contributed by atoms with van der Waals surface area (Å²) in [5, 5.41) is 14.2. The van der Waals surface area contributed by atoms with Gasteiger partial charge < -0.3 is 10.4 Å². The quantitative estimate of drug-likeness (QED) is 0.817. The number of nitrogens with one attached hydrogen (secondary N) is 1. The molecular weight excluding hydrogens is 288 g/mol. The molecule has 2 rings (SSSR count). The molecule has 0 aliphatic carbocycles. The number of likely N-dealkylation sites (tertiary alicyclic amines) is 1. The van der Waals surface area contributed by atoms with E-state index in [1.165, 1.54) is 0 Å². The van der Waals surface area contributed by atoms with Crippen LogP contribution < -0.4 is 5.32 Å². The Labute approximate surface area is 130 Å². The summed E-state index contributed by atoms with van der Waals surface area (Å²) in [5.41, 5.74) is 0.0706. The number of nitrogens with zero attached hydrogens (tertiary/aromatic N) is 1. The van der Waals surface area contributed by atoms with E-state index >= 15 is 0 Å². The first-order chi connectivity index (χ1) is 10.0. The molecule has 2 N–H and O–H groups in total. The zero-order chi connectivity index (χ0) is 15.3. The van der Waals surface area contributed by atoms with Crippen molar-refractivity contribution in [2.24, 2.45) is 0 Å². The van der Waals surface area contributed by atoms with Gasteiger partial charge in [0.15, 0.2) is 0 Å². The maximum Gasteiger partial charge on any atom is 0.234 e. The molecule has 5 heteroatoms. The van der Waals surface area contributed by atoms with Gasteiger partial charge in [-0.3, -0.25) is 9.69 Å². The SMILES string of the molecule is C=CCNC(=O)CN1CCC(O)(c2ccc(Cl)cc2)CC1. The third-order valence-electron chi connectivity index (χ3n) is 3.88. The molecule has 1 aromatic rings. The summed E-state index contributed by atoms with van der Waals surface area (Å²) in [6.45, 7) is 5.81. The average Bonchev–Trinajstić information content (AvgIpc) is 2.48. The van der Waals surface area contributed by atoms with Crippen LogP contribution in [0.25, 0.3) is 0 Å². The molecule has 0 atom stereocenters. The maximum absolute atomic E-state index is 11.7. The van der Waals surface area contributed by atoms with Gasteiger partial charge in [0.25, 0.3) is 0 Å². The smallest absolute Gasteiger partial charge is 0.234 e. The van der Waals surface area contributed by atoms with Gasteiger partial charge in [-0.25, -0.2) is 0 Å². The van der Waals surface area contributed by atoms with Crippen LogP contribution in [0.2, 0.25) is 5.02 Å². The predicted octanol–water partition coefficient (Wildman–Crippen LogP) is 1.93. The minimum atomic E-state index is -0.821. The lowest BCUT2D eigenvalue weighted by Gasteiger charge is -2.38. The molecule has 1 heterocycles. The fraction of sp³-hybridized carbons (Fsp3) is 0.438. The third-order valence-corrected chi connectivity index (χ3v) is 4.13. The molecule has 0 aromatic heterocycles. The van der Waals surface area contributed by atoms with Crippen molar-refractivity contribution in [2.75, 3.05) is 26.2 Å². The van der Waals surface area contributed by atoms with Gasteiger partial charge in [-0.05, 0) is 30.5 Å². The molecule has 114 valence electrons. The molecule has 0 saturated carbocycles. The largest absolute Gasteiger partial charge is 0.385 e. The lowest BCUT2D eigenvalue weighted by Crippen LogP contribution is -2.46. The molecule has 1 amide bonds. The molecule has 1 aliphatic rings. The van der Waals surface area contributed by atoms with Crippen LogP contribution in [-0.4, -0.2) is 42.1 Å². The zero-order valence-electron chi connectivity index (χ0n) is 12.0. The van der Waals surface area contributed by atoms with Crippen LogP contribution in [0.4, 0.5) is 0 Å². The molecule has 21 heavy (non-hydrogen) atoms. The second-order valence-corrected chi connectivity index (χ2v) is 5.84. The van der Waals surface area contributed by atoms with Crippen LogP contribution in [0.5, 0.6) is 0 Å². The van der Waals surface area contributed by atoms with Crippen LogP contribution in [0.3, 0.4) is 0 Å².